The zero-order valence-electron chi connectivity index (χ0n) is 15.8. The van der Waals surface area contributed by atoms with Gasteiger partial charge in [-0.25, -0.2) is 4.79 Å². The second kappa shape index (κ2) is 9.68. The van der Waals surface area contributed by atoms with Gasteiger partial charge in [-0.1, -0.05) is 30.3 Å². The van der Waals surface area contributed by atoms with Crippen LogP contribution in [0.1, 0.15) is 30.6 Å². The van der Waals surface area contributed by atoms with Crippen LogP contribution < -0.4 is 16.6 Å². The first-order valence-corrected chi connectivity index (χ1v) is 8.79. The van der Waals surface area contributed by atoms with E-state index in [1.54, 1.807) is 7.05 Å². The van der Waals surface area contributed by atoms with E-state index in [2.05, 4.69) is 5.32 Å². The van der Waals surface area contributed by atoms with Crippen molar-refractivity contribution in [2.24, 2.45) is 14.1 Å². The Hall–Kier alpha value is -2.93. The number of nitrogens with one attached hydrogen (secondary N) is 1. The molecule has 1 N–H and O–H groups in total. The van der Waals surface area contributed by atoms with Crippen molar-refractivity contribution in [3.63, 3.8) is 0 Å². The van der Waals surface area contributed by atoms with E-state index in [9.17, 15) is 14.4 Å². The maximum absolute atomic E-state index is 12.0. The average Bonchev–Trinajstić information content (AvgIpc) is 2.68. The van der Waals surface area contributed by atoms with E-state index in [1.165, 1.54) is 30.0 Å². The Balaban J connectivity index is 1.76. The Bertz CT molecular complexity index is 913. The molecule has 7 heteroatoms. The van der Waals surface area contributed by atoms with Crippen molar-refractivity contribution in [3.05, 3.63) is 74.6 Å². The van der Waals surface area contributed by atoms with E-state index in [4.69, 9.17) is 4.74 Å². The summed E-state index contributed by atoms with van der Waals surface area (Å²) in [6.07, 6.45) is 4.79. The lowest BCUT2D eigenvalue weighted by atomic mass is 10.1. The largest absolute Gasteiger partial charge is 0.374 e. The van der Waals surface area contributed by atoms with Crippen molar-refractivity contribution in [2.45, 2.75) is 19.4 Å². The monoisotopic (exact) mass is 371 g/mol. The van der Waals surface area contributed by atoms with Crippen LogP contribution in [0.3, 0.4) is 0 Å². The molecular weight excluding hydrogens is 346 g/mol. The first-order valence-electron chi connectivity index (χ1n) is 8.79. The summed E-state index contributed by atoms with van der Waals surface area (Å²) in [5.74, 6) is -0.304. The molecule has 2 rings (SSSR count). The van der Waals surface area contributed by atoms with Crippen LogP contribution in [-0.2, 0) is 23.6 Å². The molecule has 7 nitrogen and oxygen atoms in total. The highest BCUT2D eigenvalue weighted by Crippen LogP contribution is 2.15. The number of hydrogen-bond donors (Lipinski definition) is 1. The van der Waals surface area contributed by atoms with Gasteiger partial charge in [0.25, 0.3) is 5.56 Å². The highest BCUT2D eigenvalue weighted by Gasteiger charge is 2.06. The second-order valence-corrected chi connectivity index (χ2v) is 6.24. The van der Waals surface area contributed by atoms with Crippen molar-refractivity contribution >= 4 is 12.0 Å². The molecule has 2 aromatic rings. The molecule has 27 heavy (non-hydrogen) atoms. The first kappa shape index (κ1) is 20.4. The second-order valence-electron chi connectivity index (χ2n) is 6.24. The van der Waals surface area contributed by atoms with Gasteiger partial charge in [0.1, 0.15) is 0 Å². The number of aryl methyl sites for hydroxylation is 1. The van der Waals surface area contributed by atoms with Gasteiger partial charge < -0.3 is 14.6 Å². The molecule has 0 aliphatic heterocycles. The predicted molar refractivity (Wildman–Crippen MR) is 104 cm³/mol. The summed E-state index contributed by atoms with van der Waals surface area (Å²) in [7, 11) is 2.95. The standard InChI is InChI=1S/C20H25N3O4/c1-15(16-8-5-4-6-9-16)27-13-7-12-21-18(24)11-10-17-14-22(2)20(26)23(3)19(17)25/h4-6,8-11,14-15H,7,12-13H2,1-3H3,(H,21,24)/b11-10+. The molecule has 0 fully saturated rings. The van der Waals surface area contributed by atoms with Gasteiger partial charge in [0.2, 0.25) is 5.91 Å². The highest BCUT2D eigenvalue weighted by molar-refractivity contribution is 5.91. The van der Waals surface area contributed by atoms with Gasteiger partial charge in [0, 0.05) is 39.5 Å². The van der Waals surface area contributed by atoms with Gasteiger partial charge in [-0.3, -0.25) is 14.2 Å². The van der Waals surface area contributed by atoms with Crippen LogP contribution in [-0.4, -0.2) is 28.2 Å². The summed E-state index contributed by atoms with van der Waals surface area (Å²) in [5.41, 5.74) is 0.537. The van der Waals surface area contributed by atoms with Gasteiger partial charge >= 0.3 is 5.69 Å². The van der Waals surface area contributed by atoms with Gasteiger partial charge in [-0.2, -0.15) is 0 Å². The highest BCUT2D eigenvalue weighted by atomic mass is 16.5. The minimum Gasteiger partial charge on any atom is -0.374 e. The molecule has 0 aliphatic carbocycles. The van der Waals surface area contributed by atoms with E-state index >= 15 is 0 Å². The quantitative estimate of drug-likeness (QED) is 0.561. The van der Waals surface area contributed by atoms with Crippen LogP contribution in [0.2, 0.25) is 0 Å². The van der Waals surface area contributed by atoms with Crippen LogP contribution in [0.25, 0.3) is 6.08 Å². The molecule has 1 aromatic heterocycles. The molecule has 0 spiro atoms. The lowest BCUT2D eigenvalue weighted by Gasteiger charge is -2.13. The van der Waals surface area contributed by atoms with Gasteiger partial charge in [-0.15, -0.1) is 0 Å². The number of aromatic nitrogens is 2. The van der Waals surface area contributed by atoms with Gasteiger partial charge in [0.15, 0.2) is 0 Å². The van der Waals surface area contributed by atoms with E-state index in [0.29, 0.717) is 19.6 Å². The lowest BCUT2D eigenvalue weighted by Crippen LogP contribution is -2.37. The molecule has 144 valence electrons. The summed E-state index contributed by atoms with van der Waals surface area (Å²) in [4.78, 5) is 35.5. The molecule has 0 radical (unpaired) electrons. The number of carbonyl (C=O) groups is 1. The van der Waals surface area contributed by atoms with E-state index in [0.717, 1.165) is 10.1 Å². The molecule has 0 bridgehead atoms. The molecular formula is C20H25N3O4. The maximum Gasteiger partial charge on any atom is 0.330 e. The SMILES string of the molecule is CC(OCCCNC(=O)/C=C/c1cn(C)c(=O)n(C)c1=O)c1ccccc1. The zero-order valence-corrected chi connectivity index (χ0v) is 15.8. The van der Waals surface area contributed by atoms with Crippen LogP contribution in [0.5, 0.6) is 0 Å². The third kappa shape index (κ3) is 5.79. The van der Waals surface area contributed by atoms with E-state index in [-0.39, 0.29) is 17.6 Å². The fourth-order valence-electron chi connectivity index (χ4n) is 2.54. The zero-order chi connectivity index (χ0) is 19.8. The summed E-state index contributed by atoms with van der Waals surface area (Å²) in [6, 6.07) is 9.94. The Morgan fingerprint density at radius 1 is 1.22 bits per heavy atom. The number of ether oxygens (including phenoxy) is 1. The van der Waals surface area contributed by atoms with E-state index < -0.39 is 11.2 Å². The fourth-order valence-corrected chi connectivity index (χ4v) is 2.54. The molecule has 1 unspecified atom stereocenters. The summed E-state index contributed by atoms with van der Waals surface area (Å²) < 4.78 is 8.05. The van der Waals surface area contributed by atoms with Gasteiger partial charge in [-0.05, 0) is 25.0 Å². The number of amides is 1. The number of benzene rings is 1. The van der Waals surface area contributed by atoms with Crippen LogP contribution in [0.4, 0.5) is 0 Å². The molecule has 1 amide bonds. The Morgan fingerprint density at radius 3 is 2.63 bits per heavy atom. The summed E-state index contributed by atoms with van der Waals surface area (Å²) in [5, 5.41) is 2.74. The Morgan fingerprint density at radius 2 is 1.93 bits per heavy atom. The molecule has 0 aliphatic rings. The number of hydrogen-bond acceptors (Lipinski definition) is 4. The summed E-state index contributed by atoms with van der Waals surface area (Å²) >= 11 is 0. The normalized spacial score (nSPS) is 12.3. The summed E-state index contributed by atoms with van der Waals surface area (Å²) in [6.45, 7) is 2.99. The Labute approximate surface area is 157 Å². The average molecular weight is 371 g/mol. The van der Waals surface area contributed by atoms with Crippen molar-refractivity contribution in [1.29, 1.82) is 0 Å². The van der Waals surface area contributed by atoms with E-state index in [1.807, 2.05) is 37.3 Å². The van der Waals surface area contributed by atoms with Crippen molar-refractivity contribution in [2.75, 3.05) is 13.2 Å². The van der Waals surface area contributed by atoms with Crippen LogP contribution in [0, 0.1) is 0 Å². The fraction of sp³-hybridized carbons (Fsp3) is 0.350. The predicted octanol–water partition coefficient (Wildman–Crippen LogP) is 1.38. The van der Waals surface area contributed by atoms with Crippen LogP contribution >= 0.6 is 0 Å². The molecule has 1 atom stereocenters. The lowest BCUT2D eigenvalue weighted by molar-refractivity contribution is -0.116. The molecule has 0 saturated heterocycles. The van der Waals surface area contributed by atoms with Crippen molar-refractivity contribution in [1.82, 2.24) is 14.5 Å². The molecule has 1 heterocycles. The minimum atomic E-state index is -0.439. The molecule has 0 saturated carbocycles. The number of nitrogens with zero attached hydrogens (tertiary/aromatic N) is 2. The maximum atomic E-state index is 12.0. The Kier molecular flexibility index (Phi) is 7.31. The van der Waals surface area contributed by atoms with Crippen LogP contribution in [0.15, 0.2) is 52.2 Å². The first-order chi connectivity index (χ1) is 12.9. The van der Waals surface area contributed by atoms with Crippen molar-refractivity contribution < 1.29 is 9.53 Å². The molecule has 1 aromatic carbocycles. The third-order valence-electron chi connectivity index (χ3n) is 4.14. The third-order valence-corrected chi connectivity index (χ3v) is 4.14. The minimum absolute atomic E-state index is 0.00254. The number of rotatable bonds is 8. The van der Waals surface area contributed by atoms with Gasteiger partial charge in [0.05, 0.1) is 11.7 Å². The smallest absolute Gasteiger partial charge is 0.330 e. The van der Waals surface area contributed by atoms with Crippen molar-refractivity contribution in [3.8, 4) is 0 Å². The number of carbonyl (C=O) groups excluding carboxylic acids is 1. The topological polar surface area (TPSA) is 82.3 Å².